The van der Waals surface area contributed by atoms with Crippen LogP contribution in [0.25, 0.3) is 0 Å². The number of nitrogens with zero attached hydrogens (tertiary/aromatic N) is 1. The number of rotatable bonds is 3. The van der Waals surface area contributed by atoms with Gasteiger partial charge in [0.25, 0.3) is 0 Å². The molecular weight excluding hydrogens is 182 g/mol. The van der Waals surface area contributed by atoms with Gasteiger partial charge in [-0.2, -0.15) is 0 Å². The zero-order valence-electron chi connectivity index (χ0n) is 5.84. The van der Waals surface area contributed by atoms with Crippen LogP contribution < -0.4 is 4.18 Å². The van der Waals surface area contributed by atoms with Gasteiger partial charge in [0.1, 0.15) is 0 Å². The van der Waals surface area contributed by atoms with E-state index >= 15 is 0 Å². The van der Waals surface area contributed by atoms with Gasteiger partial charge in [0, 0.05) is 6.07 Å². The predicted molar refractivity (Wildman–Crippen MR) is 43.3 cm³/mol. The third kappa shape index (κ3) is 1.79. The first-order valence-corrected chi connectivity index (χ1v) is 3.72. The van der Waals surface area contributed by atoms with E-state index in [2.05, 4.69) is 4.18 Å². The molecule has 12 heavy (non-hydrogen) atoms. The summed E-state index contributed by atoms with van der Waals surface area (Å²) in [6.07, 6.45) is 0. The van der Waals surface area contributed by atoms with Crippen LogP contribution in [0.5, 0.6) is 5.75 Å². The molecule has 0 unspecified atom stereocenters. The molecule has 0 N–H and O–H groups in total. The highest BCUT2D eigenvalue weighted by Gasteiger charge is 2.12. The minimum Gasteiger partial charge on any atom is -0.395 e. The lowest BCUT2D eigenvalue weighted by Crippen LogP contribution is -1.92. The van der Waals surface area contributed by atoms with Crippen LogP contribution in [0.1, 0.15) is 0 Å². The molecule has 0 aliphatic rings. The minimum absolute atomic E-state index is 0.000772. The molecule has 0 bridgehead atoms. The lowest BCUT2D eigenvalue weighted by atomic mass is 10.3. The summed E-state index contributed by atoms with van der Waals surface area (Å²) in [5.41, 5.74) is -0.194. The fourth-order valence-corrected chi connectivity index (χ4v) is 0.960. The average Bonchev–Trinajstić information content (AvgIpc) is 2.05. The average molecular weight is 187 g/mol. The topological polar surface area (TPSA) is 69.4 Å². The Morgan fingerprint density at radius 2 is 2.08 bits per heavy atom. The smallest absolute Gasteiger partial charge is 0.312 e. The molecule has 1 aromatic rings. The molecule has 0 atom stereocenters. The van der Waals surface area contributed by atoms with Crippen molar-refractivity contribution in [2.24, 2.45) is 0 Å². The van der Waals surface area contributed by atoms with Gasteiger partial charge in [-0.05, 0) is 6.07 Å². The summed E-state index contributed by atoms with van der Waals surface area (Å²) in [7, 11) is 0. The first-order chi connectivity index (χ1) is 5.75. The van der Waals surface area contributed by atoms with Crippen molar-refractivity contribution in [3.05, 3.63) is 34.4 Å². The van der Waals surface area contributed by atoms with Gasteiger partial charge < -0.3 is 4.18 Å². The summed E-state index contributed by atoms with van der Waals surface area (Å²) in [4.78, 5) is 9.72. The van der Waals surface area contributed by atoms with Crippen molar-refractivity contribution in [2.45, 2.75) is 0 Å². The highest BCUT2D eigenvalue weighted by molar-refractivity contribution is 7.60. The highest BCUT2D eigenvalue weighted by Crippen LogP contribution is 2.25. The van der Waals surface area contributed by atoms with Gasteiger partial charge >= 0.3 is 5.69 Å². The second-order valence-corrected chi connectivity index (χ2v) is 2.22. The summed E-state index contributed by atoms with van der Waals surface area (Å²) in [5.74, 6) is -0.000772. The normalized spacial score (nSPS) is 9.33. The highest BCUT2D eigenvalue weighted by atomic mass is 32.2. The molecular formula is C6H5NO4S. The van der Waals surface area contributed by atoms with Crippen molar-refractivity contribution in [1.29, 1.82) is 0 Å². The molecule has 0 amide bonds. The quantitative estimate of drug-likeness (QED) is 0.432. The van der Waals surface area contributed by atoms with E-state index in [1.807, 2.05) is 0 Å². The number of thiol groups is 1. The van der Waals surface area contributed by atoms with Crippen LogP contribution in [-0.4, -0.2) is 9.13 Å². The number of hydrogen-bond acceptors (Lipinski definition) is 4. The van der Waals surface area contributed by atoms with E-state index in [4.69, 9.17) is 0 Å². The maximum Gasteiger partial charge on any atom is 0.312 e. The van der Waals surface area contributed by atoms with E-state index in [9.17, 15) is 14.3 Å². The monoisotopic (exact) mass is 187 g/mol. The first kappa shape index (κ1) is 8.66. The zero-order chi connectivity index (χ0) is 8.97. The Balaban J connectivity index is 3.07. The largest absolute Gasteiger partial charge is 0.395 e. The van der Waals surface area contributed by atoms with Crippen LogP contribution in [0.3, 0.4) is 0 Å². The van der Waals surface area contributed by atoms with Crippen molar-refractivity contribution in [3.8, 4) is 5.75 Å². The molecule has 0 aromatic heterocycles. The zero-order valence-corrected chi connectivity index (χ0v) is 6.73. The van der Waals surface area contributed by atoms with E-state index in [1.165, 1.54) is 18.2 Å². The Morgan fingerprint density at radius 1 is 1.42 bits per heavy atom. The van der Waals surface area contributed by atoms with Crippen LogP contribution in [0.4, 0.5) is 5.69 Å². The van der Waals surface area contributed by atoms with Crippen molar-refractivity contribution in [1.82, 2.24) is 0 Å². The molecule has 5 nitrogen and oxygen atoms in total. The van der Waals surface area contributed by atoms with Crippen molar-refractivity contribution < 1.29 is 13.3 Å². The van der Waals surface area contributed by atoms with Gasteiger partial charge in [-0.15, -0.1) is 0 Å². The predicted octanol–water partition coefficient (Wildman–Crippen LogP) is 0.834. The summed E-state index contributed by atoms with van der Waals surface area (Å²) in [6.45, 7) is 0. The molecule has 64 valence electrons. The molecule has 0 fully saturated rings. The number of para-hydroxylation sites is 2. The fraction of sp³-hybridized carbons (Fsp3) is 0. The maximum atomic E-state index is 10.3. The van der Waals surface area contributed by atoms with Crippen LogP contribution in [0.2, 0.25) is 0 Å². The SMILES string of the molecule is O=[SH]Oc1ccccc1[N+](=O)[O-]. The Kier molecular flexibility index (Phi) is 2.76. The number of nitro benzene ring substituents is 1. The first-order valence-electron chi connectivity index (χ1n) is 2.99. The van der Waals surface area contributed by atoms with Gasteiger partial charge in [0.05, 0.1) is 4.92 Å². The van der Waals surface area contributed by atoms with Crippen molar-refractivity contribution in [2.75, 3.05) is 0 Å². The van der Waals surface area contributed by atoms with Crippen LogP contribution in [0, 0.1) is 10.1 Å². The van der Waals surface area contributed by atoms with Gasteiger partial charge in [0.2, 0.25) is 5.75 Å². The Labute approximate surface area is 71.8 Å². The standard InChI is InChI=1S/C6H5NO4S/c8-7(9)5-3-1-2-4-6(5)11-12-10/h1-4,12H. The van der Waals surface area contributed by atoms with Crippen molar-refractivity contribution >= 4 is 17.6 Å². The minimum atomic E-state index is -0.599. The van der Waals surface area contributed by atoms with E-state index in [0.29, 0.717) is 0 Å². The molecule has 0 saturated heterocycles. The van der Waals surface area contributed by atoms with E-state index < -0.39 is 16.9 Å². The molecule has 1 rings (SSSR count). The molecule has 0 radical (unpaired) electrons. The summed E-state index contributed by atoms with van der Waals surface area (Å²) in [5, 5.41) is 10.3. The molecule has 0 heterocycles. The van der Waals surface area contributed by atoms with E-state index in [0.717, 1.165) is 0 Å². The lowest BCUT2D eigenvalue weighted by molar-refractivity contribution is -0.385. The van der Waals surface area contributed by atoms with Gasteiger partial charge in [-0.3, -0.25) is 10.1 Å². The second kappa shape index (κ2) is 3.82. The molecule has 1 aromatic carbocycles. The number of benzene rings is 1. The van der Waals surface area contributed by atoms with Crippen LogP contribution in [-0.2, 0) is 11.9 Å². The summed E-state index contributed by atoms with van der Waals surface area (Å²) in [6, 6.07) is 5.73. The number of hydrogen-bond donors (Lipinski definition) is 1. The van der Waals surface area contributed by atoms with Gasteiger partial charge in [0.15, 0.2) is 11.9 Å². The summed E-state index contributed by atoms with van der Waals surface area (Å²) < 4.78 is 14.5. The summed E-state index contributed by atoms with van der Waals surface area (Å²) >= 11 is -0.599. The lowest BCUT2D eigenvalue weighted by Gasteiger charge is -1.96. The Hall–Kier alpha value is -1.43. The molecule has 6 heteroatoms. The molecule has 0 saturated carbocycles. The Bertz CT molecular complexity index is 314. The van der Waals surface area contributed by atoms with Crippen LogP contribution in [0.15, 0.2) is 24.3 Å². The molecule has 0 spiro atoms. The molecule has 0 aliphatic carbocycles. The van der Waals surface area contributed by atoms with Gasteiger partial charge in [-0.25, -0.2) is 4.21 Å². The fourth-order valence-electron chi connectivity index (χ4n) is 0.725. The van der Waals surface area contributed by atoms with Crippen molar-refractivity contribution in [3.63, 3.8) is 0 Å². The third-order valence-electron chi connectivity index (χ3n) is 1.20. The van der Waals surface area contributed by atoms with Gasteiger partial charge in [-0.1, -0.05) is 12.1 Å². The Morgan fingerprint density at radius 3 is 2.67 bits per heavy atom. The van der Waals surface area contributed by atoms with Crippen LogP contribution >= 0.6 is 0 Å². The third-order valence-corrected chi connectivity index (χ3v) is 1.47. The number of nitro groups is 1. The van der Waals surface area contributed by atoms with E-state index in [1.54, 1.807) is 6.07 Å². The second-order valence-electron chi connectivity index (χ2n) is 1.89. The maximum absolute atomic E-state index is 10.3. The molecule has 0 aliphatic heterocycles. The van der Waals surface area contributed by atoms with E-state index in [-0.39, 0.29) is 11.4 Å².